The number of rotatable bonds is 3. The number of amides is 2. The fourth-order valence-corrected chi connectivity index (χ4v) is 0.944. The van der Waals surface area contributed by atoms with Gasteiger partial charge in [0.15, 0.2) is 0 Å². The normalized spacial score (nSPS) is 9.80. The van der Waals surface area contributed by atoms with E-state index in [4.69, 9.17) is 5.11 Å². The van der Waals surface area contributed by atoms with Crippen molar-refractivity contribution < 1.29 is 18.7 Å². The van der Waals surface area contributed by atoms with Crippen LogP contribution in [0.4, 0.5) is 19.3 Å². The highest BCUT2D eigenvalue weighted by Crippen LogP contribution is 2.17. The van der Waals surface area contributed by atoms with E-state index >= 15 is 0 Å². The molecule has 0 atom stereocenters. The lowest BCUT2D eigenvalue weighted by molar-refractivity contribution is 0.244. The lowest BCUT2D eigenvalue weighted by Crippen LogP contribution is -2.31. The largest absolute Gasteiger partial charge is 0.395 e. The van der Waals surface area contributed by atoms with E-state index in [0.29, 0.717) is 0 Å². The number of urea groups is 1. The van der Waals surface area contributed by atoms with Gasteiger partial charge in [-0.1, -0.05) is 6.07 Å². The van der Waals surface area contributed by atoms with Crippen LogP contribution in [0.15, 0.2) is 18.2 Å². The summed E-state index contributed by atoms with van der Waals surface area (Å²) in [4.78, 5) is 11.0. The van der Waals surface area contributed by atoms with Crippen LogP contribution < -0.4 is 10.6 Å². The second kappa shape index (κ2) is 5.26. The van der Waals surface area contributed by atoms with Crippen LogP contribution in [0.25, 0.3) is 0 Å². The van der Waals surface area contributed by atoms with Gasteiger partial charge in [0.1, 0.15) is 17.3 Å². The lowest BCUT2D eigenvalue weighted by Gasteiger charge is -2.07. The summed E-state index contributed by atoms with van der Waals surface area (Å²) in [7, 11) is 0. The molecule has 15 heavy (non-hydrogen) atoms. The topological polar surface area (TPSA) is 61.4 Å². The van der Waals surface area contributed by atoms with Gasteiger partial charge in [-0.25, -0.2) is 13.6 Å². The minimum Gasteiger partial charge on any atom is -0.395 e. The molecular weight excluding hydrogens is 206 g/mol. The second-order valence-corrected chi connectivity index (χ2v) is 2.70. The molecule has 0 heterocycles. The first-order valence-electron chi connectivity index (χ1n) is 4.25. The van der Waals surface area contributed by atoms with E-state index in [1.54, 1.807) is 0 Å². The molecule has 0 aliphatic rings. The van der Waals surface area contributed by atoms with Crippen molar-refractivity contribution in [3.05, 3.63) is 29.8 Å². The molecule has 1 aromatic rings. The van der Waals surface area contributed by atoms with Crippen LogP contribution in [-0.4, -0.2) is 24.3 Å². The van der Waals surface area contributed by atoms with Crippen LogP contribution in [-0.2, 0) is 0 Å². The lowest BCUT2D eigenvalue weighted by atomic mass is 10.3. The van der Waals surface area contributed by atoms with Crippen LogP contribution in [0.1, 0.15) is 0 Å². The summed E-state index contributed by atoms with van der Waals surface area (Å²) in [5.41, 5.74) is -0.507. The molecule has 0 saturated heterocycles. The molecule has 6 heteroatoms. The van der Waals surface area contributed by atoms with Crippen LogP contribution in [0, 0.1) is 11.6 Å². The molecule has 0 radical (unpaired) electrons. The highest BCUT2D eigenvalue weighted by molar-refractivity contribution is 5.89. The second-order valence-electron chi connectivity index (χ2n) is 2.70. The first-order valence-corrected chi connectivity index (χ1v) is 4.25. The van der Waals surface area contributed by atoms with Crippen LogP contribution in [0.3, 0.4) is 0 Å². The molecule has 4 nitrogen and oxygen atoms in total. The number of aliphatic hydroxyl groups excluding tert-OH is 1. The Morgan fingerprint density at radius 1 is 1.33 bits per heavy atom. The minimum absolute atomic E-state index is 0.0158. The van der Waals surface area contributed by atoms with Crippen LogP contribution in [0.2, 0.25) is 0 Å². The molecule has 1 rings (SSSR count). The van der Waals surface area contributed by atoms with Gasteiger partial charge in [0.2, 0.25) is 0 Å². The monoisotopic (exact) mass is 216 g/mol. The summed E-state index contributed by atoms with van der Waals surface area (Å²) in [6, 6.07) is 2.49. The molecular formula is C9H10F2N2O2. The molecule has 0 aliphatic carbocycles. The van der Waals surface area contributed by atoms with Crippen molar-refractivity contribution in [2.45, 2.75) is 0 Å². The maximum Gasteiger partial charge on any atom is 0.319 e. The van der Waals surface area contributed by atoms with Gasteiger partial charge in [-0.2, -0.15) is 0 Å². The molecule has 0 aliphatic heterocycles. The summed E-state index contributed by atoms with van der Waals surface area (Å²) >= 11 is 0. The fourth-order valence-electron chi connectivity index (χ4n) is 0.944. The van der Waals surface area contributed by atoms with E-state index in [9.17, 15) is 13.6 Å². The number of nitrogens with one attached hydrogen (secondary N) is 2. The first-order chi connectivity index (χ1) is 7.15. The third kappa shape index (κ3) is 3.17. The van der Waals surface area contributed by atoms with Crippen molar-refractivity contribution in [2.75, 3.05) is 18.5 Å². The van der Waals surface area contributed by atoms with Crippen LogP contribution in [0.5, 0.6) is 0 Å². The van der Waals surface area contributed by atoms with Crippen molar-refractivity contribution in [3.8, 4) is 0 Å². The Kier molecular flexibility index (Phi) is 3.99. The number of carbonyl (C=O) groups is 1. The van der Waals surface area contributed by atoms with Crippen LogP contribution >= 0.6 is 0 Å². The number of hydrogen-bond donors (Lipinski definition) is 3. The Morgan fingerprint density at radius 2 is 1.93 bits per heavy atom. The van der Waals surface area contributed by atoms with Gasteiger partial charge in [0, 0.05) is 6.54 Å². The SMILES string of the molecule is O=C(NCCO)Nc1c(F)cccc1F. The highest BCUT2D eigenvalue weighted by Gasteiger charge is 2.10. The summed E-state index contributed by atoms with van der Waals surface area (Å²) < 4.78 is 26.0. The Labute approximate surface area is 84.9 Å². The van der Waals surface area contributed by atoms with Gasteiger partial charge in [-0.3, -0.25) is 0 Å². The quantitative estimate of drug-likeness (QED) is 0.708. The zero-order valence-electron chi connectivity index (χ0n) is 7.76. The van der Waals surface area contributed by atoms with Gasteiger partial charge in [-0.15, -0.1) is 0 Å². The Bertz CT molecular complexity index is 338. The number of para-hydroxylation sites is 1. The number of aliphatic hydroxyl groups is 1. The Balaban J connectivity index is 2.68. The maximum absolute atomic E-state index is 13.0. The van der Waals surface area contributed by atoms with Crippen molar-refractivity contribution in [2.24, 2.45) is 0 Å². The van der Waals surface area contributed by atoms with E-state index < -0.39 is 23.4 Å². The smallest absolute Gasteiger partial charge is 0.319 e. The van der Waals surface area contributed by atoms with E-state index in [2.05, 4.69) is 5.32 Å². The van der Waals surface area contributed by atoms with Crippen molar-refractivity contribution >= 4 is 11.7 Å². The number of halogens is 2. The zero-order chi connectivity index (χ0) is 11.3. The number of hydrogen-bond acceptors (Lipinski definition) is 2. The summed E-state index contributed by atoms with van der Waals surface area (Å²) in [6.45, 7) is -0.227. The maximum atomic E-state index is 13.0. The van der Waals surface area contributed by atoms with Gasteiger partial charge < -0.3 is 15.7 Å². The first kappa shape index (κ1) is 11.4. The number of anilines is 1. The summed E-state index contributed by atoms with van der Waals surface area (Å²) in [5, 5.41) is 12.6. The average Bonchev–Trinajstić information content (AvgIpc) is 2.21. The predicted molar refractivity (Wildman–Crippen MR) is 50.5 cm³/mol. The molecule has 0 bridgehead atoms. The van der Waals surface area contributed by atoms with Gasteiger partial charge >= 0.3 is 6.03 Å². The molecule has 3 N–H and O–H groups in total. The van der Waals surface area contributed by atoms with Gasteiger partial charge in [0.25, 0.3) is 0 Å². The van der Waals surface area contributed by atoms with E-state index in [1.165, 1.54) is 6.07 Å². The average molecular weight is 216 g/mol. The van der Waals surface area contributed by atoms with E-state index in [-0.39, 0.29) is 13.2 Å². The fraction of sp³-hybridized carbons (Fsp3) is 0.222. The summed E-state index contributed by atoms with van der Waals surface area (Å²) in [5.74, 6) is -1.71. The predicted octanol–water partition coefficient (Wildman–Crippen LogP) is 1.08. The molecule has 1 aromatic carbocycles. The van der Waals surface area contributed by atoms with Gasteiger partial charge in [0.05, 0.1) is 6.61 Å². The zero-order valence-corrected chi connectivity index (χ0v) is 7.76. The third-order valence-corrected chi connectivity index (χ3v) is 1.60. The number of benzene rings is 1. The van der Waals surface area contributed by atoms with Gasteiger partial charge in [-0.05, 0) is 12.1 Å². The molecule has 82 valence electrons. The minimum atomic E-state index is -0.853. The Hall–Kier alpha value is -1.69. The standard InChI is InChI=1S/C9H10F2N2O2/c10-6-2-1-3-7(11)8(6)13-9(15)12-4-5-14/h1-3,14H,4-5H2,(H2,12,13,15). The van der Waals surface area contributed by atoms with E-state index in [0.717, 1.165) is 12.1 Å². The van der Waals surface area contributed by atoms with Crippen molar-refractivity contribution in [1.29, 1.82) is 0 Å². The van der Waals surface area contributed by atoms with Crippen molar-refractivity contribution in [3.63, 3.8) is 0 Å². The third-order valence-electron chi connectivity index (χ3n) is 1.60. The summed E-state index contributed by atoms with van der Waals surface area (Å²) in [6.07, 6.45) is 0. The number of carbonyl (C=O) groups excluding carboxylic acids is 1. The molecule has 0 unspecified atom stereocenters. The molecule has 2 amide bonds. The molecule has 0 fully saturated rings. The van der Waals surface area contributed by atoms with E-state index in [1.807, 2.05) is 5.32 Å². The molecule has 0 saturated carbocycles. The Morgan fingerprint density at radius 3 is 2.47 bits per heavy atom. The molecule has 0 spiro atoms. The molecule has 0 aromatic heterocycles. The van der Waals surface area contributed by atoms with Crippen molar-refractivity contribution in [1.82, 2.24) is 5.32 Å². The highest BCUT2D eigenvalue weighted by atomic mass is 19.1.